The van der Waals surface area contributed by atoms with Crippen molar-refractivity contribution in [1.29, 1.82) is 0 Å². The summed E-state index contributed by atoms with van der Waals surface area (Å²) in [6, 6.07) is 18.5. The quantitative estimate of drug-likeness (QED) is 0.112. The summed E-state index contributed by atoms with van der Waals surface area (Å²) in [4.78, 5) is 28.6. The molecule has 0 aliphatic carbocycles. The van der Waals surface area contributed by atoms with Crippen LogP contribution in [-0.2, 0) is 10.5 Å². The number of aliphatic hydroxyl groups is 1. The number of rotatable bonds is 8. The second kappa shape index (κ2) is 11.0. The molecule has 0 radical (unpaired) electrons. The average Bonchev–Trinajstić information content (AvgIpc) is 3.69. The molecule has 3 aromatic carbocycles. The van der Waals surface area contributed by atoms with Crippen molar-refractivity contribution in [2.24, 2.45) is 0 Å². The minimum Gasteiger partial charge on any atom is -0.503 e. The number of amides is 1. The number of ketones is 1. The van der Waals surface area contributed by atoms with Gasteiger partial charge in [-0.1, -0.05) is 71.1 Å². The van der Waals surface area contributed by atoms with E-state index in [2.05, 4.69) is 10.2 Å². The zero-order chi connectivity index (χ0) is 28.7. The minimum absolute atomic E-state index is 0.0689. The zero-order valence-electron chi connectivity index (χ0n) is 21.2. The van der Waals surface area contributed by atoms with Crippen molar-refractivity contribution in [2.75, 3.05) is 12.0 Å². The van der Waals surface area contributed by atoms with Crippen LogP contribution >= 0.6 is 34.7 Å². The number of ether oxygens (including phenoxy) is 1. The number of methoxy groups -OCH3 is 1. The van der Waals surface area contributed by atoms with E-state index in [-0.39, 0.29) is 22.3 Å². The van der Waals surface area contributed by atoms with E-state index in [1.165, 1.54) is 42.0 Å². The number of fused-ring (bicyclic) bond motifs is 1. The van der Waals surface area contributed by atoms with Gasteiger partial charge in [0.1, 0.15) is 5.82 Å². The second-order valence-electron chi connectivity index (χ2n) is 8.98. The van der Waals surface area contributed by atoms with Gasteiger partial charge in [-0.25, -0.2) is 4.39 Å². The van der Waals surface area contributed by atoms with Crippen molar-refractivity contribution in [3.8, 4) is 5.75 Å². The first-order valence-corrected chi connectivity index (χ1v) is 14.4. The van der Waals surface area contributed by atoms with E-state index in [9.17, 15) is 19.1 Å². The summed E-state index contributed by atoms with van der Waals surface area (Å²) in [6.07, 6.45) is 0. The lowest BCUT2D eigenvalue weighted by molar-refractivity contribution is -0.117. The van der Waals surface area contributed by atoms with Crippen molar-refractivity contribution in [3.63, 3.8) is 0 Å². The summed E-state index contributed by atoms with van der Waals surface area (Å²) < 4.78 is 25.0. The molecular weight excluding hydrogens is 589 g/mol. The average molecular weight is 608 g/mol. The van der Waals surface area contributed by atoms with E-state index in [0.717, 1.165) is 16.9 Å². The number of carbonyl (C=O) groups excluding carboxylic acids is 2. The van der Waals surface area contributed by atoms with E-state index < -0.39 is 23.5 Å². The van der Waals surface area contributed by atoms with Gasteiger partial charge in [0, 0.05) is 16.2 Å². The maximum absolute atomic E-state index is 13.9. The number of hydrogen-bond acceptors (Lipinski definition) is 9. The summed E-state index contributed by atoms with van der Waals surface area (Å²) in [5, 5.41) is 20.7. The van der Waals surface area contributed by atoms with Gasteiger partial charge >= 0.3 is 0 Å². The van der Waals surface area contributed by atoms with Gasteiger partial charge in [0.25, 0.3) is 5.91 Å². The Labute approximate surface area is 246 Å². The molecule has 1 unspecified atom stereocenters. The van der Waals surface area contributed by atoms with Crippen LogP contribution in [-0.4, -0.2) is 34.1 Å². The van der Waals surface area contributed by atoms with Gasteiger partial charge < -0.3 is 14.3 Å². The Morgan fingerprint density at radius 1 is 1.15 bits per heavy atom. The maximum Gasteiger partial charge on any atom is 0.296 e. The van der Waals surface area contributed by atoms with Gasteiger partial charge in [-0.3, -0.25) is 14.5 Å². The van der Waals surface area contributed by atoms with Gasteiger partial charge in [0.15, 0.2) is 27.2 Å². The number of thioether (sulfide) groups is 1. The molecule has 5 aromatic rings. The fraction of sp³-hybridized carbons (Fsp3) is 0.103. The molecule has 1 amide bonds. The van der Waals surface area contributed by atoms with Gasteiger partial charge in [0.05, 0.1) is 18.7 Å². The lowest BCUT2D eigenvalue weighted by Crippen LogP contribution is -2.31. The van der Waals surface area contributed by atoms with E-state index in [1.54, 1.807) is 54.6 Å². The molecule has 1 atom stereocenters. The minimum atomic E-state index is -1.05. The lowest BCUT2D eigenvalue weighted by atomic mass is 9.95. The van der Waals surface area contributed by atoms with E-state index >= 15 is 0 Å². The molecule has 0 spiro atoms. The highest BCUT2D eigenvalue weighted by Gasteiger charge is 2.47. The number of hydrogen-bond donors (Lipinski definition) is 1. The third kappa shape index (κ3) is 5.08. The Bertz CT molecular complexity index is 1840. The maximum atomic E-state index is 13.9. The molecule has 1 N–H and O–H groups in total. The molecule has 0 bridgehead atoms. The standard InChI is InChI=1S/C29H19ClFN3O5S2/c1-38-20-7-3-5-17-13-21(39-26(17)20)24(35)22-23(16-4-2-6-18(30)12-16)34(27(37)25(22)36)28-32-33-29(41-28)40-14-15-8-10-19(31)11-9-15/h2-13,23,36H,14H2,1H3. The highest BCUT2D eigenvalue weighted by Crippen LogP contribution is 2.45. The Balaban J connectivity index is 1.37. The Morgan fingerprint density at radius 2 is 1.93 bits per heavy atom. The van der Waals surface area contributed by atoms with Crippen LogP contribution in [0.5, 0.6) is 5.75 Å². The first-order chi connectivity index (χ1) is 19.8. The second-order valence-corrected chi connectivity index (χ2v) is 11.6. The summed E-state index contributed by atoms with van der Waals surface area (Å²) in [5.41, 5.74) is 1.57. The summed E-state index contributed by atoms with van der Waals surface area (Å²) in [7, 11) is 1.49. The molecule has 6 rings (SSSR count). The molecule has 0 fully saturated rings. The Morgan fingerprint density at radius 3 is 2.68 bits per heavy atom. The number of nitrogens with zero attached hydrogens (tertiary/aromatic N) is 3. The number of furan rings is 1. The monoisotopic (exact) mass is 607 g/mol. The van der Waals surface area contributed by atoms with Crippen molar-refractivity contribution in [1.82, 2.24) is 10.2 Å². The first-order valence-electron chi connectivity index (χ1n) is 12.2. The number of carbonyl (C=O) groups is 2. The van der Waals surface area contributed by atoms with Gasteiger partial charge in [-0.05, 0) is 47.5 Å². The molecule has 0 saturated heterocycles. The van der Waals surface area contributed by atoms with Crippen LogP contribution in [0, 0.1) is 5.82 Å². The SMILES string of the molecule is COc1cccc2cc(C(=O)C3=C(O)C(=O)N(c4nnc(SCc5ccc(F)cc5)s4)C3c3cccc(Cl)c3)oc12. The molecule has 8 nitrogen and oxygen atoms in total. The molecular formula is C29H19ClFN3O5S2. The molecule has 0 saturated carbocycles. The van der Waals surface area contributed by atoms with Gasteiger partial charge in [-0.15, -0.1) is 10.2 Å². The molecule has 2 aromatic heterocycles. The summed E-state index contributed by atoms with van der Waals surface area (Å²) in [6.45, 7) is 0. The fourth-order valence-electron chi connectivity index (χ4n) is 4.55. The van der Waals surface area contributed by atoms with Crippen molar-refractivity contribution in [3.05, 3.63) is 112 Å². The highest BCUT2D eigenvalue weighted by molar-refractivity contribution is 8.00. The van der Waals surface area contributed by atoms with E-state index in [4.69, 9.17) is 20.8 Å². The van der Waals surface area contributed by atoms with E-state index in [1.807, 2.05) is 0 Å². The molecule has 12 heteroatoms. The molecule has 41 heavy (non-hydrogen) atoms. The smallest absolute Gasteiger partial charge is 0.296 e. The van der Waals surface area contributed by atoms with Crippen LogP contribution in [0.15, 0.2) is 92.9 Å². The van der Waals surface area contributed by atoms with Crippen molar-refractivity contribution < 1.29 is 28.2 Å². The number of anilines is 1. The molecule has 3 heterocycles. The predicted octanol–water partition coefficient (Wildman–Crippen LogP) is 7.16. The first kappa shape index (κ1) is 27.0. The summed E-state index contributed by atoms with van der Waals surface area (Å²) in [5.74, 6) is -1.65. The van der Waals surface area contributed by atoms with Crippen LogP contribution < -0.4 is 9.64 Å². The third-order valence-electron chi connectivity index (χ3n) is 6.45. The molecule has 1 aliphatic heterocycles. The normalized spacial score (nSPS) is 15.2. The van der Waals surface area contributed by atoms with Crippen LogP contribution in [0.2, 0.25) is 5.02 Å². The summed E-state index contributed by atoms with van der Waals surface area (Å²) >= 11 is 8.78. The van der Waals surface area contributed by atoms with Crippen molar-refractivity contribution >= 4 is 62.5 Å². The number of aromatic nitrogens is 2. The van der Waals surface area contributed by atoms with Crippen molar-refractivity contribution in [2.45, 2.75) is 16.1 Å². The number of para-hydroxylation sites is 1. The van der Waals surface area contributed by atoms with Crippen LogP contribution in [0.3, 0.4) is 0 Å². The third-order valence-corrected chi connectivity index (χ3v) is 8.81. The predicted molar refractivity (Wildman–Crippen MR) is 154 cm³/mol. The lowest BCUT2D eigenvalue weighted by Gasteiger charge is -2.23. The van der Waals surface area contributed by atoms with Crippen LogP contribution in [0.25, 0.3) is 11.0 Å². The number of aliphatic hydroxyl groups excluding tert-OH is 1. The highest BCUT2D eigenvalue weighted by atomic mass is 35.5. The molecule has 206 valence electrons. The zero-order valence-corrected chi connectivity index (χ0v) is 23.6. The van der Waals surface area contributed by atoms with Crippen LogP contribution in [0.4, 0.5) is 9.52 Å². The Hall–Kier alpha value is -4.19. The number of Topliss-reactive ketones (excluding diaryl/α,β-unsaturated/α-hetero) is 1. The van der Waals surface area contributed by atoms with Gasteiger partial charge in [-0.2, -0.15) is 0 Å². The number of benzene rings is 3. The number of halogens is 2. The van der Waals surface area contributed by atoms with E-state index in [0.29, 0.717) is 37.4 Å². The topological polar surface area (TPSA) is 106 Å². The molecule has 1 aliphatic rings. The Kier molecular flexibility index (Phi) is 7.24. The largest absolute Gasteiger partial charge is 0.503 e. The van der Waals surface area contributed by atoms with Crippen LogP contribution in [0.1, 0.15) is 27.7 Å². The van der Waals surface area contributed by atoms with Gasteiger partial charge in [0.2, 0.25) is 10.9 Å². The fourth-order valence-corrected chi connectivity index (χ4v) is 6.57.